The molecular formula is C26H23BrClFN2O3. The van der Waals surface area contributed by atoms with Crippen LogP contribution < -0.4 is 10.6 Å². The third kappa shape index (κ3) is 5.77. The van der Waals surface area contributed by atoms with Crippen molar-refractivity contribution in [3.8, 4) is 0 Å². The highest BCUT2D eigenvalue weighted by Crippen LogP contribution is 2.32. The monoisotopic (exact) mass is 544 g/mol. The Balaban J connectivity index is 1.52. The predicted molar refractivity (Wildman–Crippen MR) is 136 cm³/mol. The summed E-state index contributed by atoms with van der Waals surface area (Å²) in [4.78, 5) is 25.3. The average molecular weight is 546 g/mol. The fourth-order valence-electron chi connectivity index (χ4n) is 3.99. The number of carbonyl (C=O) groups is 2. The summed E-state index contributed by atoms with van der Waals surface area (Å²) in [6.45, 7) is 1.68. The van der Waals surface area contributed by atoms with Crippen molar-refractivity contribution < 1.29 is 18.7 Å². The van der Waals surface area contributed by atoms with Crippen LogP contribution in [0.25, 0.3) is 0 Å². The number of carbonyl (C=O) groups excluding carboxylic acids is 2. The van der Waals surface area contributed by atoms with Crippen LogP contribution in [0, 0.1) is 12.7 Å². The summed E-state index contributed by atoms with van der Waals surface area (Å²) in [5.41, 5.74) is 3.05. The van der Waals surface area contributed by atoms with Crippen LogP contribution in [0.4, 0.5) is 26.2 Å². The Labute approximate surface area is 210 Å². The van der Waals surface area contributed by atoms with Gasteiger partial charge < -0.3 is 10.1 Å². The fraction of sp³-hybridized carbons (Fsp3) is 0.231. The Morgan fingerprint density at radius 1 is 1.00 bits per heavy atom. The first-order valence-electron chi connectivity index (χ1n) is 10.9. The summed E-state index contributed by atoms with van der Waals surface area (Å²) in [7, 11) is 0. The second-order valence-corrected chi connectivity index (χ2v) is 9.56. The van der Waals surface area contributed by atoms with Crippen LogP contribution in [0.3, 0.4) is 0 Å². The molecule has 1 fully saturated rings. The van der Waals surface area contributed by atoms with Crippen LogP contribution in [0.2, 0.25) is 5.02 Å². The van der Waals surface area contributed by atoms with Gasteiger partial charge in [0.05, 0.1) is 16.4 Å². The van der Waals surface area contributed by atoms with Gasteiger partial charge >= 0.3 is 6.09 Å². The number of benzene rings is 3. The zero-order chi connectivity index (χ0) is 24.2. The molecule has 1 amide bonds. The van der Waals surface area contributed by atoms with Crippen LogP contribution in [0.5, 0.6) is 0 Å². The Morgan fingerprint density at radius 2 is 1.74 bits per heavy atom. The number of ether oxygens (including phenoxy) is 1. The quantitative estimate of drug-likeness (QED) is 0.308. The Hall–Kier alpha value is -2.90. The average Bonchev–Trinajstić information content (AvgIpc) is 3.28. The van der Waals surface area contributed by atoms with Crippen molar-refractivity contribution in [1.82, 2.24) is 0 Å². The summed E-state index contributed by atoms with van der Waals surface area (Å²) < 4.78 is 19.7. The lowest BCUT2D eigenvalue weighted by Crippen LogP contribution is -2.20. The summed E-state index contributed by atoms with van der Waals surface area (Å²) in [5.74, 6) is -0.680. The molecule has 0 saturated heterocycles. The largest absolute Gasteiger partial charge is 0.446 e. The van der Waals surface area contributed by atoms with Crippen molar-refractivity contribution in [3.63, 3.8) is 0 Å². The maximum Gasteiger partial charge on any atom is 0.411 e. The highest BCUT2D eigenvalue weighted by molar-refractivity contribution is 9.10. The highest BCUT2D eigenvalue weighted by Gasteiger charge is 2.20. The van der Waals surface area contributed by atoms with Crippen molar-refractivity contribution >= 4 is 56.5 Å². The van der Waals surface area contributed by atoms with Gasteiger partial charge in [-0.15, -0.1) is 0 Å². The van der Waals surface area contributed by atoms with E-state index in [0.717, 1.165) is 30.2 Å². The van der Waals surface area contributed by atoms with E-state index in [1.165, 1.54) is 18.2 Å². The molecule has 34 heavy (non-hydrogen) atoms. The highest BCUT2D eigenvalue weighted by atomic mass is 79.9. The van der Waals surface area contributed by atoms with Crippen LogP contribution in [-0.2, 0) is 4.74 Å². The SMILES string of the molecule is Cc1cc(F)ccc1C(=O)c1ccc(Nc2ccc(Br)cc2NC(=O)OC2CCCC2)cc1Cl. The van der Waals surface area contributed by atoms with Crippen LogP contribution >= 0.6 is 27.5 Å². The van der Waals surface area contributed by atoms with E-state index in [1.807, 2.05) is 12.1 Å². The number of aryl methyl sites for hydroxylation is 1. The Morgan fingerprint density at radius 3 is 2.44 bits per heavy atom. The van der Waals surface area contributed by atoms with Crippen molar-refractivity contribution in [3.05, 3.63) is 86.6 Å². The molecule has 0 spiro atoms. The van der Waals surface area contributed by atoms with Crippen molar-refractivity contribution in [1.29, 1.82) is 0 Å². The van der Waals surface area contributed by atoms with E-state index < -0.39 is 11.9 Å². The van der Waals surface area contributed by atoms with Gasteiger partial charge in [0.25, 0.3) is 0 Å². The van der Waals surface area contributed by atoms with Crippen LogP contribution in [0.1, 0.15) is 47.2 Å². The zero-order valence-corrected chi connectivity index (χ0v) is 20.8. The molecule has 3 aromatic rings. The summed E-state index contributed by atoms with van der Waals surface area (Å²) in [6, 6.07) is 14.4. The van der Waals surface area contributed by atoms with Gasteiger partial charge in [-0.2, -0.15) is 0 Å². The molecule has 3 aromatic carbocycles. The first-order chi connectivity index (χ1) is 16.3. The molecule has 0 aliphatic heterocycles. The topological polar surface area (TPSA) is 67.4 Å². The normalized spacial score (nSPS) is 13.5. The first kappa shape index (κ1) is 24.2. The standard InChI is InChI=1S/C26H23BrClFN2O3/c1-15-12-17(29)7-9-20(15)25(32)21-10-8-18(14-22(21)28)30-23-11-6-16(27)13-24(23)31-26(33)34-19-4-2-3-5-19/h6-14,19,30H,2-5H2,1H3,(H,31,33). The molecule has 176 valence electrons. The lowest BCUT2D eigenvalue weighted by Gasteiger charge is -2.16. The lowest BCUT2D eigenvalue weighted by molar-refractivity contribution is 0.103. The number of hydrogen-bond acceptors (Lipinski definition) is 4. The van der Waals surface area contributed by atoms with Gasteiger partial charge in [-0.3, -0.25) is 10.1 Å². The fourth-order valence-corrected chi connectivity index (χ4v) is 4.61. The molecule has 1 aliphatic rings. The van der Waals surface area contributed by atoms with Gasteiger partial charge in [-0.05, 0) is 92.8 Å². The van der Waals surface area contributed by atoms with Crippen LogP contribution in [-0.4, -0.2) is 18.0 Å². The van der Waals surface area contributed by atoms with Gasteiger partial charge in [0, 0.05) is 21.3 Å². The molecule has 8 heteroatoms. The second kappa shape index (κ2) is 10.6. The molecule has 0 heterocycles. The number of ketones is 1. The number of rotatable bonds is 6. The van der Waals surface area contributed by atoms with E-state index in [0.29, 0.717) is 33.8 Å². The third-order valence-electron chi connectivity index (χ3n) is 5.72. The summed E-state index contributed by atoms with van der Waals surface area (Å²) >= 11 is 9.86. The minimum absolute atomic E-state index is 0.0443. The summed E-state index contributed by atoms with van der Waals surface area (Å²) in [6.07, 6.45) is 3.37. The molecule has 5 nitrogen and oxygen atoms in total. The molecule has 0 aromatic heterocycles. The van der Waals surface area contributed by atoms with Gasteiger partial charge in [0.2, 0.25) is 0 Å². The minimum Gasteiger partial charge on any atom is -0.446 e. The number of hydrogen-bond donors (Lipinski definition) is 2. The molecule has 2 N–H and O–H groups in total. The predicted octanol–water partition coefficient (Wildman–Crippen LogP) is 8.02. The zero-order valence-electron chi connectivity index (χ0n) is 18.5. The molecular weight excluding hydrogens is 523 g/mol. The van der Waals surface area contributed by atoms with Gasteiger partial charge in [-0.25, -0.2) is 9.18 Å². The molecule has 0 radical (unpaired) electrons. The number of halogens is 3. The number of nitrogens with one attached hydrogen (secondary N) is 2. The molecule has 1 saturated carbocycles. The Bertz CT molecular complexity index is 1240. The molecule has 4 rings (SSSR count). The van der Waals surface area contributed by atoms with Crippen molar-refractivity contribution in [2.75, 3.05) is 10.6 Å². The Kier molecular flexibility index (Phi) is 7.54. The maximum atomic E-state index is 13.4. The minimum atomic E-state index is -0.498. The van der Waals surface area contributed by atoms with E-state index in [2.05, 4.69) is 26.6 Å². The first-order valence-corrected chi connectivity index (χ1v) is 12.1. The van der Waals surface area contributed by atoms with Gasteiger partial charge in [0.15, 0.2) is 5.78 Å². The van der Waals surface area contributed by atoms with Gasteiger partial charge in [0.1, 0.15) is 11.9 Å². The molecule has 0 bridgehead atoms. The molecule has 0 unspecified atom stereocenters. The van der Waals surface area contributed by atoms with Crippen molar-refractivity contribution in [2.24, 2.45) is 0 Å². The van der Waals surface area contributed by atoms with E-state index in [1.54, 1.807) is 31.2 Å². The van der Waals surface area contributed by atoms with E-state index >= 15 is 0 Å². The van der Waals surface area contributed by atoms with Crippen molar-refractivity contribution in [2.45, 2.75) is 38.7 Å². The third-order valence-corrected chi connectivity index (χ3v) is 6.53. The van der Waals surface area contributed by atoms with E-state index in [9.17, 15) is 14.0 Å². The molecule has 1 aliphatic carbocycles. The molecule has 0 atom stereocenters. The lowest BCUT2D eigenvalue weighted by atomic mass is 9.99. The second-order valence-electron chi connectivity index (χ2n) is 8.23. The van der Waals surface area contributed by atoms with E-state index in [-0.39, 0.29) is 16.9 Å². The van der Waals surface area contributed by atoms with E-state index in [4.69, 9.17) is 16.3 Å². The van der Waals surface area contributed by atoms with Crippen LogP contribution in [0.15, 0.2) is 59.1 Å². The number of amides is 1. The number of anilines is 3. The smallest absolute Gasteiger partial charge is 0.411 e. The summed E-state index contributed by atoms with van der Waals surface area (Å²) in [5, 5.41) is 6.29. The van der Waals surface area contributed by atoms with Gasteiger partial charge in [-0.1, -0.05) is 27.5 Å². The maximum absolute atomic E-state index is 13.4.